The Balaban J connectivity index is 1.76. The summed E-state index contributed by atoms with van der Waals surface area (Å²) < 4.78 is 5.02. The number of hydrogen-bond donors (Lipinski definition) is 2. The lowest BCUT2D eigenvalue weighted by Crippen LogP contribution is -2.60. The first-order valence-corrected chi connectivity index (χ1v) is 18.6. The lowest BCUT2D eigenvalue weighted by Gasteiger charge is -2.41. The van der Waals surface area contributed by atoms with Crippen molar-refractivity contribution >= 4 is 29.5 Å². The fourth-order valence-electron chi connectivity index (χ4n) is 6.71. The minimum Gasteiger partial charge on any atom is -0.467 e. The highest BCUT2D eigenvalue weighted by molar-refractivity contribution is 6.09. The second-order valence-corrected chi connectivity index (χ2v) is 15.5. The molecule has 1 heterocycles. The summed E-state index contributed by atoms with van der Waals surface area (Å²) in [7, 11) is 2.97. The van der Waals surface area contributed by atoms with E-state index in [2.05, 4.69) is 29.4 Å². The maximum atomic E-state index is 14.2. The van der Waals surface area contributed by atoms with Gasteiger partial charge in [0.25, 0.3) is 0 Å². The number of nitrogens with zero attached hydrogens (tertiary/aromatic N) is 2. The van der Waals surface area contributed by atoms with E-state index >= 15 is 0 Å². The number of esters is 1. The Morgan fingerprint density at radius 1 is 0.942 bits per heavy atom. The van der Waals surface area contributed by atoms with Crippen LogP contribution in [-0.2, 0) is 30.3 Å². The number of carbonyl (C=O) groups excluding carboxylic acids is 5. The number of likely N-dealkylation sites (N-methyl/N-ethyl adjacent to an activating group) is 1. The SMILES string of the molecule is CCC(C)N1CCCCC1C(=O)N[C@H](C(=O)N(C)[C@H](C=C(C)C(=O)N[C@@H](Cc1ccc(C(=O)c2ccccc2)cc1)C(=O)OC)C(C)C)C(C)(C)C. The number of nitrogens with one attached hydrogen (secondary N) is 2. The number of amides is 3. The van der Waals surface area contributed by atoms with E-state index in [9.17, 15) is 24.0 Å². The van der Waals surface area contributed by atoms with Crippen LogP contribution in [0.2, 0.25) is 0 Å². The Morgan fingerprint density at radius 2 is 1.56 bits per heavy atom. The van der Waals surface area contributed by atoms with Crippen molar-refractivity contribution in [2.24, 2.45) is 11.3 Å². The molecule has 0 spiro atoms. The first kappa shape index (κ1) is 42.1. The number of methoxy groups -OCH3 is 1. The molecule has 1 fully saturated rings. The quantitative estimate of drug-likeness (QED) is 0.137. The molecule has 2 aromatic carbocycles. The van der Waals surface area contributed by atoms with Gasteiger partial charge in [-0.1, -0.05) is 109 Å². The smallest absolute Gasteiger partial charge is 0.328 e. The molecule has 1 aliphatic rings. The zero-order chi connectivity index (χ0) is 38.7. The normalized spacial score (nSPS) is 17.8. The molecular weight excluding hydrogens is 656 g/mol. The highest BCUT2D eigenvalue weighted by Gasteiger charge is 2.40. The van der Waals surface area contributed by atoms with Crippen LogP contribution >= 0.6 is 0 Å². The number of rotatable bonds is 15. The minimum absolute atomic E-state index is 0.0687. The summed E-state index contributed by atoms with van der Waals surface area (Å²) >= 11 is 0. The topological polar surface area (TPSA) is 125 Å². The van der Waals surface area contributed by atoms with Crippen LogP contribution < -0.4 is 10.6 Å². The molecule has 5 atom stereocenters. The molecule has 10 nitrogen and oxygen atoms in total. The van der Waals surface area contributed by atoms with E-state index in [1.54, 1.807) is 61.3 Å². The van der Waals surface area contributed by atoms with Gasteiger partial charge in [0.05, 0.1) is 19.2 Å². The summed E-state index contributed by atoms with van der Waals surface area (Å²) in [6.07, 6.45) is 5.62. The van der Waals surface area contributed by atoms with Gasteiger partial charge in [-0.2, -0.15) is 0 Å². The molecule has 1 saturated heterocycles. The monoisotopic (exact) mass is 716 g/mol. The molecule has 2 aromatic rings. The van der Waals surface area contributed by atoms with Gasteiger partial charge in [0, 0.05) is 36.2 Å². The third-order valence-electron chi connectivity index (χ3n) is 10.1. The van der Waals surface area contributed by atoms with Crippen LogP contribution in [-0.4, -0.2) is 90.2 Å². The van der Waals surface area contributed by atoms with Crippen molar-refractivity contribution in [3.8, 4) is 0 Å². The number of benzene rings is 2. The zero-order valence-corrected chi connectivity index (χ0v) is 32.8. The maximum absolute atomic E-state index is 14.2. The number of likely N-dealkylation sites (tertiary alicyclic amines) is 1. The van der Waals surface area contributed by atoms with E-state index < -0.39 is 35.4 Å². The van der Waals surface area contributed by atoms with Gasteiger partial charge in [-0.3, -0.25) is 24.1 Å². The molecule has 1 aliphatic heterocycles. The second kappa shape index (κ2) is 19.0. The van der Waals surface area contributed by atoms with Crippen LogP contribution in [0.3, 0.4) is 0 Å². The number of ether oxygens (including phenoxy) is 1. The molecule has 0 saturated carbocycles. The Morgan fingerprint density at radius 3 is 2.12 bits per heavy atom. The van der Waals surface area contributed by atoms with Gasteiger partial charge in [-0.15, -0.1) is 0 Å². The third-order valence-corrected chi connectivity index (χ3v) is 10.1. The molecule has 3 rings (SSSR count). The van der Waals surface area contributed by atoms with Crippen molar-refractivity contribution in [1.82, 2.24) is 20.4 Å². The highest BCUT2D eigenvalue weighted by atomic mass is 16.5. The maximum Gasteiger partial charge on any atom is 0.328 e. The molecular formula is C42H60N4O6. The summed E-state index contributed by atoms with van der Waals surface area (Å²) in [6.45, 7) is 16.5. The third kappa shape index (κ3) is 11.1. The van der Waals surface area contributed by atoms with Crippen molar-refractivity contribution in [2.45, 2.75) is 118 Å². The van der Waals surface area contributed by atoms with E-state index in [0.29, 0.717) is 16.7 Å². The van der Waals surface area contributed by atoms with Crippen LogP contribution in [0.5, 0.6) is 0 Å². The largest absolute Gasteiger partial charge is 0.467 e. The van der Waals surface area contributed by atoms with Crippen molar-refractivity contribution < 1.29 is 28.7 Å². The molecule has 52 heavy (non-hydrogen) atoms. The first-order chi connectivity index (χ1) is 24.5. The second-order valence-electron chi connectivity index (χ2n) is 15.5. The Hall–Kier alpha value is -4.31. The Bertz CT molecular complexity index is 1560. The molecule has 0 aliphatic carbocycles. The molecule has 0 radical (unpaired) electrons. The summed E-state index contributed by atoms with van der Waals surface area (Å²) in [5.74, 6) is -1.62. The van der Waals surface area contributed by atoms with E-state index in [-0.39, 0.29) is 42.0 Å². The van der Waals surface area contributed by atoms with Gasteiger partial charge in [0.15, 0.2) is 5.78 Å². The van der Waals surface area contributed by atoms with Gasteiger partial charge in [-0.05, 0) is 56.6 Å². The number of piperidine rings is 1. The molecule has 3 amide bonds. The van der Waals surface area contributed by atoms with Gasteiger partial charge >= 0.3 is 5.97 Å². The van der Waals surface area contributed by atoms with E-state index in [1.807, 2.05) is 52.8 Å². The minimum atomic E-state index is -0.983. The van der Waals surface area contributed by atoms with Crippen LogP contribution in [0, 0.1) is 11.3 Å². The number of hydrogen-bond acceptors (Lipinski definition) is 7. The summed E-state index contributed by atoms with van der Waals surface area (Å²) in [4.78, 5) is 71.0. The van der Waals surface area contributed by atoms with Crippen LogP contribution in [0.4, 0.5) is 0 Å². The van der Waals surface area contributed by atoms with E-state index in [4.69, 9.17) is 4.74 Å². The molecule has 2 N–H and O–H groups in total. The fraction of sp³-hybridized carbons (Fsp3) is 0.548. The van der Waals surface area contributed by atoms with E-state index in [0.717, 1.165) is 37.8 Å². The Labute approximate surface area is 310 Å². The number of carbonyl (C=O) groups is 5. The summed E-state index contributed by atoms with van der Waals surface area (Å²) in [5, 5.41) is 5.94. The fourth-order valence-corrected chi connectivity index (χ4v) is 6.71. The van der Waals surface area contributed by atoms with Crippen LogP contribution in [0.1, 0.15) is 103 Å². The average molecular weight is 717 g/mol. The van der Waals surface area contributed by atoms with Crippen LogP contribution in [0.25, 0.3) is 0 Å². The first-order valence-electron chi connectivity index (χ1n) is 18.6. The standard InChI is InChI=1S/C42H60N4O6/c1-11-29(5)46-24-16-15-19-34(46)39(49)44-37(42(6,7)8)40(50)45(9)35(27(2)3)25-28(4)38(48)43-33(41(51)52-10)26-30-20-22-32(23-21-30)36(47)31-17-13-12-14-18-31/h12-14,17-18,20-23,25,27,29,33-35,37H,11,15-16,19,24,26H2,1-10H3,(H,43,48)(H,44,49)/t29?,33-,34?,35+,37+/m0/s1. The van der Waals surface area contributed by atoms with Crippen LogP contribution in [0.15, 0.2) is 66.2 Å². The van der Waals surface area contributed by atoms with Crippen molar-refractivity contribution in [2.75, 3.05) is 20.7 Å². The summed E-state index contributed by atoms with van der Waals surface area (Å²) in [5.41, 5.74) is 1.59. The van der Waals surface area contributed by atoms with Gasteiger partial charge in [-0.25, -0.2) is 4.79 Å². The molecule has 10 heteroatoms. The van der Waals surface area contributed by atoms with E-state index in [1.165, 1.54) is 7.11 Å². The molecule has 0 bridgehead atoms. The summed E-state index contributed by atoms with van der Waals surface area (Å²) in [6, 6.07) is 13.7. The van der Waals surface area contributed by atoms with Gasteiger partial charge in [0.1, 0.15) is 12.1 Å². The highest BCUT2D eigenvalue weighted by Crippen LogP contribution is 2.26. The average Bonchev–Trinajstić information content (AvgIpc) is 3.13. The van der Waals surface area contributed by atoms with Crippen molar-refractivity contribution in [1.29, 1.82) is 0 Å². The predicted octanol–water partition coefficient (Wildman–Crippen LogP) is 5.73. The zero-order valence-electron chi connectivity index (χ0n) is 32.8. The van der Waals surface area contributed by atoms with Crippen molar-refractivity contribution in [3.63, 3.8) is 0 Å². The lowest BCUT2D eigenvalue weighted by atomic mass is 9.84. The Kier molecular flexibility index (Phi) is 15.4. The predicted molar refractivity (Wildman–Crippen MR) is 205 cm³/mol. The lowest BCUT2D eigenvalue weighted by molar-refractivity contribution is -0.144. The van der Waals surface area contributed by atoms with Gasteiger partial charge < -0.3 is 20.3 Å². The molecule has 0 aromatic heterocycles. The van der Waals surface area contributed by atoms with Gasteiger partial charge in [0.2, 0.25) is 17.7 Å². The molecule has 284 valence electrons. The van der Waals surface area contributed by atoms with Crippen molar-refractivity contribution in [3.05, 3.63) is 82.9 Å². The number of ketones is 1. The molecule has 2 unspecified atom stereocenters.